The fourth-order valence-corrected chi connectivity index (χ4v) is 4.67. The lowest BCUT2D eigenvalue weighted by Crippen LogP contribution is -2.48. The molecule has 1 fully saturated rings. The molecule has 1 aromatic carbocycles. The highest BCUT2D eigenvalue weighted by Gasteiger charge is 2.29. The normalized spacial score (nSPS) is 20.7. The highest BCUT2D eigenvalue weighted by Crippen LogP contribution is 2.25. The van der Waals surface area contributed by atoms with Crippen molar-refractivity contribution in [3.63, 3.8) is 0 Å². The van der Waals surface area contributed by atoms with Crippen molar-refractivity contribution in [3.05, 3.63) is 58.5 Å². The fourth-order valence-electron chi connectivity index (χ4n) is 3.75. The molecule has 0 amide bonds. The Hall–Kier alpha value is -1.99. The van der Waals surface area contributed by atoms with Gasteiger partial charge < -0.3 is 14.7 Å². The maximum atomic E-state index is 10.6. The van der Waals surface area contributed by atoms with Gasteiger partial charge >= 0.3 is 0 Å². The van der Waals surface area contributed by atoms with E-state index in [2.05, 4.69) is 40.3 Å². The highest BCUT2D eigenvalue weighted by molar-refractivity contribution is 7.10. The molecule has 0 bridgehead atoms. The van der Waals surface area contributed by atoms with Crippen LogP contribution in [0.25, 0.3) is 10.8 Å². The Labute approximate surface area is 170 Å². The molecule has 0 saturated carbocycles. The van der Waals surface area contributed by atoms with E-state index in [0.29, 0.717) is 6.54 Å². The van der Waals surface area contributed by atoms with Crippen LogP contribution in [0.5, 0.6) is 5.75 Å². The minimum atomic E-state index is -0.487. The Morgan fingerprint density at radius 2 is 2.14 bits per heavy atom. The predicted molar refractivity (Wildman–Crippen MR) is 114 cm³/mol. The van der Waals surface area contributed by atoms with E-state index < -0.39 is 6.10 Å². The number of pyridine rings is 1. The molecule has 1 aliphatic heterocycles. The minimum Gasteiger partial charge on any atom is -0.488 e. The zero-order chi connectivity index (χ0) is 19.5. The van der Waals surface area contributed by atoms with Crippen molar-refractivity contribution < 1.29 is 9.84 Å². The van der Waals surface area contributed by atoms with Crippen LogP contribution in [0.1, 0.15) is 16.9 Å². The molecule has 0 aliphatic carbocycles. The summed E-state index contributed by atoms with van der Waals surface area (Å²) in [6, 6.07) is 10.3. The standard InChI is InChI=1S/C22H27N3O2S/c1-24(2)12-16-9-20(28-15-16)13-25-8-6-22(21(26)14-25)27-19-4-3-17-5-7-23-11-18(17)10-19/h3-5,7,9-11,15,21-22,26H,6,8,12-14H2,1-2H3/t21-,22-/m1/s1. The lowest BCUT2D eigenvalue weighted by molar-refractivity contribution is -0.0272. The molecule has 1 N–H and O–H groups in total. The average Bonchev–Trinajstić information content (AvgIpc) is 3.10. The van der Waals surface area contributed by atoms with E-state index in [4.69, 9.17) is 4.74 Å². The quantitative estimate of drug-likeness (QED) is 0.691. The summed E-state index contributed by atoms with van der Waals surface area (Å²) >= 11 is 1.80. The second-order valence-electron chi connectivity index (χ2n) is 7.79. The molecule has 0 unspecified atom stereocenters. The minimum absolute atomic E-state index is 0.169. The largest absolute Gasteiger partial charge is 0.488 e. The topological polar surface area (TPSA) is 48.8 Å². The molecule has 6 heteroatoms. The Kier molecular flexibility index (Phi) is 5.92. The number of hydrogen-bond donors (Lipinski definition) is 1. The molecule has 1 aliphatic rings. The van der Waals surface area contributed by atoms with Gasteiger partial charge in [-0.2, -0.15) is 0 Å². The van der Waals surface area contributed by atoms with Gasteiger partial charge in [0.2, 0.25) is 0 Å². The summed E-state index contributed by atoms with van der Waals surface area (Å²) in [5.74, 6) is 0.796. The van der Waals surface area contributed by atoms with Crippen LogP contribution in [0.3, 0.4) is 0 Å². The van der Waals surface area contributed by atoms with E-state index in [-0.39, 0.29) is 6.10 Å². The summed E-state index contributed by atoms with van der Waals surface area (Å²) in [5.41, 5.74) is 1.36. The van der Waals surface area contributed by atoms with Crippen molar-refractivity contribution in [2.75, 3.05) is 27.2 Å². The van der Waals surface area contributed by atoms with E-state index in [1.807, 2.05) is 30.5 Å². The van der Waals surface area contributed by atoms with Gasteiger partial charge in [-0.1, -0.05) is 6.07 Å². The maximum absolute atomic E-state index is 10.6. The fraction of sp³-hybridized carbons (Fsp3) is 0.409. The second-order valence-corrected chi connectivity index (χ2v) is 8.79. The summed E-state index contributed by atoms with van der Waals surface area (Å²) in [6.45, 7) is 3.43. The van der Waals surface area contributed by atoms with Gasteiger partial charge in [0.25, 0.3) is 0 Å². The number of nitrogens with zero attached hydrogens (tertiary/aromatic N) is 3. The third-order valence-electron chi connectivity index (χ3n) is 5.09. The number of ether oxygens (including phenoxy) is 1. The van der Waals surface area contributed by atoms with E-state index >= 15 is 0 Å². The van der Waals surface area contributed by atoms with E-state index in [0.717, 1.165) is 42.6 Å². The summed E-state index contributed by atoms with van der Waals surface area (Å²) in [4.78, 5) is 10.0. The van der Waals surface area contributed by atoms with Gasteiger partial charge in [-0.05, 0) is 61.1 Å². The molecule has 148 valence electrons. The number of fused-ring (bicyclic) bond motifs is 1. The van der Waals surface area contributed by atoms with Gasteiger partial charge in [-0.25, -0.2) is 0 Å². The first kappa shape index (κ1) is 19.3. The number of β-amino-alcohol motifs (C(OH)–C–C–N with tert-alkyl or cyclic N) is 1. The molecule has 2 aromatic heterocycles. The molecule has 3 heterocycles. The predicted octanol–water partition coefficient (Wildman–Crippen LogP) is 3.37. The molecule has 0 spiro atoms. The highest BCUT2D eigenvalue weighted by atomic mass is 32.1. The van der Waals surface area contributed by atoms with Crippen LogP contribution in [0.4, 0.5) is 0 Å². The van der Waals surface area contributed by atoms with Crippen LogP contribution in [0.15, 0.2) is 48.1 Å². The number of thiophene rings is 1. The number of piperidine rings is 1. The smallest absolute Gasteiger partial charge is 0.127 e. The zero-order valence-corrected chi connectivity index (χ0v) is 17.2. The molecule has 0 radical (unpaired) electrons. The first-order valence-electron chi connectivity index (χ1n) is 9.69. The Morgan fingerprint density at radius 1 is 1.25 bits per heavy atom. The third kappa shape index (κ3) is 4.70. The second kappa shape index (κ2) is 8.57. The number of aromatic nitrogens is 1. The number of aliphatic hydroxyl groups excluding tert-OH is 1. The van der Waals surface area contributed by atoms with Crippen LogP contribution in [-0.2, 0) is 13.1 Å². The Morgan fingerprint density at radius 3 is 2.96 bits per heavy atom. The molecule has 1 saturated heterocycles. The van der Waals surface area contributed by atoms with Crippen molar-refractivity contribution in [2.24, 2.45) is 0 Å². The first-order valence-corrected chi connectivity index (χ1v) is 10.6. The van der Waals surface area contributed by atoms with E-state index in [9.17, 15) is 5.11 Å². The van der Waals surface area contributed by atoms with Crippen molar-refractivity contribution in [3.8, 4) is 5.75 Å². The molecule has 5 nitrogen and oxygen atoms in total. The zero-order valence-electron chi connectivity index (χ0n) is 16.4. The summed E-state index contributed by atoms with van der Waals surface area (Å²) in [7, 11) is 4.18. The molecule has 28 heavy (non-hydrogen) atoms. The van der Waals surface area contributed by atoms with Crippen LogP contribution < -0.4 is 4.74 Å². The van der Waals surface area contributed by atoms with Crippen molar-refractivity contribution in [1.82, 2.24) is 14.8 Å². The van der Waals surface area contributed by atoms with Gasteiger partial charge in [0.15, 0.2) is 0 Å². The van der Waals surface area contributed by atoms with E-state index in [1.165, 1.54) is 10.4 Å². The molecular weight excluding hydrogens is 370 g/mol. The number of benzene rings is 1. The summed E-state index contributed by atoms with van der Waals surface area (Å²) < 4.78 is 6.11. The van der Waals surface area contributed by atoms with Crippen LogP contribution >= 0.6 is 11.3 Å². The van der Waals surface area contributed by atoms with Gasteiger partial charge in [-0.3, -0.25) is 9.88 Å². The Bertz CT molecular complexity index is 927. The van der Waals surface area contributed by atoms with Crippen LogP contribution in [0.2, 0.25) is 0 Å². The number of likely N-dealkylation sites (tertiary alicyclic amines) is 1. The molecular formula is C22H27N3O2S. The van der Waals surface area contributed by atoms with Crippen LogP contribution in [-0.4, -0.2) is 59.3 Å². The number of aliphatic hydroxyl groups is 1. The maximum Gasteiger partial charge on any atom is 0.127 e. The monoisotopic (exact) mass is 397 g/mol. The third-order valence-corrected chi connectivity index (χ3v) is 6.06. The summed E-state index contributed by atoms with van der Waals surface area (Å²) in [5, 5.41) is 15.1. The molecule has 4 rings (SSSR count). The Balaban J connectivity index is 1.33. The van der Waals surface area contributed by atoms with Gasteiger partial charge in [0, 0.05) is 48.8 Å². The van der Waals surface area contributed by atoms with Crippen molar-refractivity contribution in [2.45, 2.75) is 31.7 Å². The lowest BCUT2D eigenvalue weighted by atomic mass is 10.0. The van der Waals surface area contributed by atoms with Gasteiger partial charge in [-0.15, -0.1) is 11.3 Å². The van der Waals surface area contributed by atoms with Gasteiger partial charge in [0.05, 0.1) is 0 Å². The number of hydrogen-bond acceptors (Lipinski definition) is 6. The van der Waals surface area contributed by atoms with Gasteiger partial charge in [0.1, 0.15) is 18.0 Å². The summed E-state index contributed by atoms with van der Waals surface area (Å²) in [6.07, 6.45) is 3.80. The van der Waals surface area contributed by atoms with Crippen molar-refractivity contribution >= 4 is 22.1 Å². The molecule has 3 aromatic rings. The van der Waals surface area contributed by atoms with E-state index in [1.54, 1.807) is 17.5 Å². The number of rotatable bonds is 6. The van der Waals surface area contributed by atoms with Crippen molar-refractivity contribution in [1.29, 1.82) is 0 Å². The lowest BCUT2D eigenvalue weighted by Gasteiger charge is -2.35. The SMILES string of the molecule is CN(C)Cc1csc(CN2CC[C@@H](Oc3ccc4ccncc4c3)[C@H](O)C2)c1. The first-order chi connectivity index (χ1) is 13.6. The average molecular weight is 398 g/mol. The molecule has 2 atom stereocenters. The van der Waals surface area contributed by atoms with Crippen LogP contribution in [0, 0.1) is 0 Å².